The van der Waals surface area contributed by atoms with Gasteiger partial charge in [-0.3, -0.25) is 4.79 Å². The van der Waals surface area contributed by atoms with Crippen molar-refractivity contribution in [2.24, 2.45) is 5.92 Å². The van der Waals surface area contributed by atoms with E-state index >= 15 is 0 Å². The quantitative estimate of drug-likeness (QED) is 0.815. The van der Waals surface area contributed by atoms with Crippen LogP contribution in [0.25, 0.3) is 0 Å². The third-order valence-corrected chi connectivity index (χ3v) is 5.30. The number of nitrogens with one attached hydrogen (secondary N) is 1. The van der Waals surface area contributed by atoms with E-state index in [1.165, 1.54) is 0 Å². The van der Waals surface area contributed by atoms with Gasteiger partial charge in [0.25, 0.3) is 0 Å². The standard InChI is InChI=1S/C15H25N3O3/c19-14(20)10-18(12-3-1-2-4-12)15(21)16-13-9-17-7-5-11(13)6-8-17/h11-13H,1-10H2,(H,16,21)(H,19,20). The average molecular weight is 295 g/mol. The van der Waals surface area contributed by atoms with Crippen LogP contribution in [-0.2, 0) is 4.79 Å². The number of rotatable bonds is 4. The molecule has 1 saturated carbocycles. The van der Waals surface area contributed by atoms with E-state index in [-0.39, 0.29) is 24.7 Å². The SMILES string of the molecule is O=C(O)CN(C(=O)NC1CN2CCC1CC2)C1CCCC1. The van der Waals surface area contributed by atoms with E-state index in [0.29, 0.717) is 5.92 Å². The summed E-state index contributed by atoms with van der Waals surface area (Å²) in [5, 5.41) is 12.2. The number of carbonyl (C=O) groups excluding carboxylic acids is 1. The molecule has 4 fully saturated rings. The highest BCUT2D eigenvalue weighted by Gasteiger charge is 2.37. The van der Waals surface area contributed by atoms with E-state index in [9.17, 15) is 9.59 Å². The zero-order chi connectivity index (χ0) is 14.8. The Morgan fingerprint density at radius 3 is 2.33 bits per heavy atom. The van der Waals surface area contributed by atoms with Crippen LogP contribution in [0.1, 0.15) is 38.5 Å². The molecule has 3 aliphatic heterocycles. The summed E-state index contributed by atoms with van der Waals surface area (Å²) in [6.45, 7) is 3.01. The third-order valence-electron chi connectivity index (χ3n) is 5.30. The van der Waals surface area contributed by atoms with E-state index in [0.717, 1.165) is 58.2 Å². The zero-order valence-electron chi connectivity index (χ0n) is 12.5. The highest BCUT2D eigenvalue weighted by atomic mass is 16.4. The van der Waals surface area contributed by atoms with Crippen LogP contribution in [0.4, 0.5) is 4.79 Å². The van der Waals surface area contributed by atoms with Gasteiger partial charge in [0.15, 0.2) is 0 Å². The van der Waals surface area contributed by atoms with Crippen LogP contribution >= 0.6 is 0 Å². The summed E-state index contributed by atoms with van der Waals surface area (Å²) in [4.78, 5) is 27.5. The van der Waals surface area contributed by atoms with Gasteiger partial charge in [-0.05, 0) is 44.7 Å². The van der Waals surface area contributed by atoms with Crippen LogP contribution in [0, 0.1) is 5.92 Å². The van der Waals surface area contributed by atoms with Gasteiger partial charge in [-0.1, -0.05) is 12.8 Å². The topological polar surface area (TPSA) is 72.9 Å². The first kappa shape index (κ1) is 14.6. The molecule has 4 aliphatic rings. The Kier molecular flexibility index (Phi) is 4.33. The molecule has 21 heavy (non-hydrogen) atoms. The molecule has 3 heterocycles. The molecule has 0 aromatic heterocycles. The van der Waals surface area contributed by atoms with Gasteiger partial charge in [0.1, 0.15) is 6.54 Å². The van der Waals surface area contributed by atoms with Crippen molar-refractivity contribution < 1.29 is 14.7 Å². The van der Waals surface area contributed by atoms with Crippen LogP contribution in [-0.4, -0.2) is 65.2 Å². The summed E-state index contributed by atoms with van der Waals surface area (Å²) in [6.07, 6.45) is 6.34. The smallest absolute Gasteiger partial charge is 0.323 e. The lowest BCUT2D eigenvalue weighted by molar-refractivity contribution is -0.138. The Bertz CT molecular complexity index is 401. The fourth-order valence-corrected chi connectivity index (χ4v) is 4.10. The maximum Gasteiger partial charge on any atom is 0.323 e. The Morgan fingerprint density at radius 2 is 1.81 bits per heavy atom. The number of nitrogens with zero attached hydrogens (tertiary/aromatic N) is 2. The second-order valence-electron chi connectivity index (χ2n) is 6.65. The number of aliphatic carboxylic acids is 1. The number of carboxylic acid groups (broad SMARTS) is 1. The maximum absolute atomic E-state index is 12.5. The van der Waals surface area contributed by atoms with Crippen LogP contribution < -0.4 is 5.32 Å². The molecule has 2 bridgehead atoms. The normalized spacial score (nSPS) is 32.1. The molecule has 0 aromatic rings. The summed E-state index contributed by atoms with van der Waals surface area (Å²) in [5.74, 6) is -0.361. The van der Waals surface area contributed by atoms with Crippen LogP contribution in [0.3, 0.4) is 0 Å². The molecule has 6 heteroatoms. The molecule has 1 atom stereocenters. The Labute approximate surface area is 125 Å². The van der Waals surface area contributed by atoms with Crippen LogP contribution in [0.2, 0.25) is 0 Å². The van der Waals surface area contributed by atoms with Crippen LogP contribution in [0.15, 0.2) is 0 Å². The van der Waals surface area contributed by atoms with Gasteiger partial charge in [0.05, 0.1) is 0 Å². The minimum Gasteiger partial charge on any atom is -0.480 e. The largest absolute Gasteiger partial charge is 0.480 e. The molecule has 0 spiro atoms. The number of urea groups is 1. The lowest BCUT2D eigenvalue weighted by Gasteiger charge is -2.45. The summed E-state index contributed by atoms with van der Waals surface area (Å²) in [6, 6.07) is 0.114. The first-order chi connectivity index (χ1) is 10.1. The van der Waals surface area contributed by atoms with Gasteiger partial charge in [-0.15, -0.1) is 0 Å². The van der Waals surface area contributed by atoms with Crippen molar-refractivity contribution in [2.75, 3.05) is 26.2 Å². The van der Waals surface area contributed by atoms with Gasteiger partial charge in [0, 0.05) is 18.6 Å². The molecule has 1 aliphatic carbocycles. The van der Waals surface area contributed by atoms with Crippen LogP contribution in [0.5, 0.6) is 0 Å². The Morgan fingerprint density at radius 1 is 1.14 bits per heavy atom. The molecule has 0 radical (unpaired) electrons. The van der Waals surface area contributed by atoms with Crippen molar-refractivity contribution in [3.63, 3.8) is 0 Å². The van der Waals surface area contributed by atoms with Crippen molar-refractivity contribution >= 4 is 12.0 Å². The van der Waals surface area contributed by atoms with Gasteiger partial charge in [-0.25, -0.2) is 4.79 Å². The summed E-state index contributed by atoms with van der Waals surface area (Å²) < 4.78 is 0. The average Bonchev–Trinajstić information content (AvgIpc) is 2.99. The molecule has 0 aromatic carbocycles. The first-order valence-corrected chi connectivity index (χ1v) is 8.15. The summed E-state index contributed by atoms with van der Waals surface area (Å²) >= 11 is 0. The minimum absolute atomic E-state index is 0.0992. The molecular formula is C15H25N3O3. The van der Waals surface area contributed by atoms with E-state index in [4.69, 9.17) is 5.11 Å². The molecule has 118 valence electrons. The molecular weight excluding hydrogens is 270 g/mol. The van der Waals surface area contributed by atoms with Gasteiger partial charge < -0.3 is 20.2 Å². The fraction of sp³-hybridized carbons (Fsp3) is 0.867. The van der Waals surface area contributed by atoms with E-state index in [1.54, 1.807) is 4.90 Å². The Hall–Kier alpha value is -1.30. The number of amides is 2. The number of hydrogen-bond donors (Lipinski definition) is 2. The number of hydrogen-bond acceptors (Lipinski definition) is 3. The summed E-state index contributed by atoms with van der Waals surface area (Å²) in [7, 11) is 0. The maximum atomic E-state index is 12.5. The van der Waals surface area contributed by atoms with Gasteiger partial charge in [-0.2, -0.15) is 0 Å². The number of carbonyl (C=O) groups is 2. The third kappa shape index (κ3) is 3.31. The van der Waals surface area contributed by atoms with Crippen molar-refractivity contribution in [3.8, 4) is 0 Å². The minimum atomic E-state index is -0.925. The zero-order valence-corrected chi connectivity index (χ0v) is 12.5. The monoisotopic (exact) mass is 295 g/mol. The lowest BCUT2D eigenvalue weighted by Crippen LogP contribution is -2.60. The van der Waals surface area contributed by atoms with E-state index < -0.39 is 5.97 Å². The number of carboxylic acids is 1. The predicted octanol–water partition coefficient (Wildman–Crippen LogP) is 1.12. The van der Waals surface area contributed by atoms with Crippen molar-refractivity contribution in [1.82, 2.24) is 15.1 Å². The number of piperidine rings is 3. The second-order valence-corrected chi connectivity index (χ2v) is 6.65. The number of fused-ring (bicyclic) bond motifs is 3. The molecule has 1 unspecified atom stereocenters. The highest BCUT2D eigenvalue weighted by molar-refractivity contribution is 5.80. The van der Waals surface area contributed by atoms with Crippen molar-refractivity contribution in [2.45, 2.75) is 50.6 Å². The molecule has 4 rings (SSSR count). The summed E-state index contributed by atoms with van der Waals surface area (Å²) in [5.41, 5.74) is 0. The van der Waals surface area contributed by atoms with Crippen molar-refractivity contribution in [1.29, 1.82) is 0 Å². The first-order valence-electron chi connectivity index (χ1n) is 8.15. The molecule has 6 nitrogen and oxygen atoms in total. The predicted molar refractivity (Wildman–Crippen MR) is 78.1 cm³/mol. The van der Waals surface area contributed by atoms with Crippen molar-refractivity contribution in [3.05, 3.63) is 0 Å². The van der Waals surface area contributed by atoms with Gasteiger partial charge >= 0.3 is 12.0 Å². The highest BCUT2D eigenvalue weighted by Crippen LogP contribution is 2.28. The lowest BCUT2D eigenvalue weighted by atomic mass is 9.84. The molecule has 2 amide bonds. The Balaban J connectivity index is 1.61. The second kappa shape index (κ2) is 6.22. The van der Waals surface area contributed by atoms with E-state index in [1.807, 2.05) is 0 Å². The molecule has 3 saturated heterocycles. The fourth-order valence-electron chi connectivity index (χ4n) is 4.10. The molecule has 2 N–H and O–H groups in total. The van der Waals surface area contributed by atoms with Gasteiger partial charge in [0.2, 0.25) is 0 Å². The van der Waals surface area contributed by atoms with E-state index in [2.05, 4.69) is 10.2 Å².